The molecule has 0 saturated heterocycles. The Morgan fingerprint density at radius 1 is 1.21 bits per heavy atom. The number of carbonyl (C=O) groups excluding carboxylic acids is 1. The van der Waals surface area contributed by atoms with Crippen molar-refractivity contribution in [3.63, 3.8) is 0 Å². The van der Waals surface area contributed by atoms with Gasteiger partial charge in [0.2, 0.25) is 5.91 Å². The van der Waals surface area contributed by atoms with Crippen LogP contribution in [0.5, 0.6) is 0 Å². The van der Waals surface area contributed by atoms with E-state index in [1.165, 1.54) is 28.9 Å². The largest absolute Gasteiger partial charge is 0.337 e. The number of carbonyl (C=O) groups is 1. The molecule has 1 amide bonds. The van der Waals surface area contributed by atoms with Gasteiger partial charge in [0.15, 0.2) is 0 Å². The number of aryl methyl sites for hydroxylation is 1. The summed E-state index contributed by atoms with van der Waals surface area (Å²) in [7, 11) is 0. The summed E-state index contributed by atoms with van der Waals surface area (Å²) in [4.78, 5) is 31.6. The molecule has 0 atom stereocenters. The first kappa shape index (κ1) is 20.5. The summed E-state index contributed by atoms with van der Waals surface area (Å²) < 4.78 is 14.5. The van der Waals surface area contributed by atoms with Gasteiger partial charge in [0.05, 0.1) is 17.9 Å². The highest BCUT2D eigenvalue weighted by atomic mass is 19.1. The van der Waals surface area contributed by atoms with Crippen LogP contribution in [-0.2, 0) is 17.8 Å². The predicted molar refractivity (Wildman–Crippen MR) is 109 cm³/mol. The fraction of sp³-hybridized carbons (Fsp3) is 0.318. The topological polar surface area (TPSA) is 71.0 Å². The van der Waals surface area contributed by atoms with E-state index in [-0.39, 0.29) is 23.7 Å². The minimum Gasteiger partial charge on any atom is -0.337 e. The molecule has 0 saturated carbocycles. The number of amides is 1. The summed E-state index contributed by atoms with van der Waals surface area (Å²) >= 11 is 0. The maximum atomic E-state index is 13.1. The van der Waals surface area contributed by atoms with Crippen molar-refractivity contribution < 1.29 is 9.18 Å². The highest BCUT2D eigenvalue weighted by Gasteiger charge is 2.18. The molecule has 2 heterocycles. The molecule has 1 N–H and O–H groups in total. The number of H-pyrrole nitrogens is 1. The lowest BCUT2D eigenvalue weighted by Gasteiger charge is -2.21. The lowest BCUT2D eigenvalue weighted by atomic mass is 10.1. The van der Waals surface area contributed by atoms with Crippen LogP contribution >= 0.6 is 0 Å². The van der Waals surface area contributed by atoms with Crippen molar-refractivity contribution >= 4 is 5.91 Å². The van der Waals surface area contributed by atoms with Gasteiger partial charge in [-0.15, -0.1) is 0 Å². The predicted octanol–water partition coefficient (Wildman–Crippen LogP) is 3.38. The first-order valence-electron chi connectivity index (χ1n) is 9.73. The molecule has 1 aromatic carbocycles. The van der Waals surface area contributed by atoms with E-state index in [0.717, 1.165) is 12.1 Å². The SMILES string of the molecule is CCCN(Cc1ccccn1)C(=O)CCc1c(C)[nH]n(-c2ccc(F)cc2)c1=O. The first-order valence-corrected chi connectivity index (χ1v) is 9.73. The molecule has 3 aromatic rings. The molecular formula is C22H25FN4O2. The van der Waals surface area contributed by atoms with Gasteiger partial charge in [-0.25, -0.2) is 9.07 Å². The van der Waals surface area contributed by atoms with E-state index in [1.54, 1.807) is 18.0 Å². The normalized spacial score (nSPS) is 10.9. The number of nitrogens with zero attached hydrogens (tertiary/aromatic N) is 3. The molecule has 0 aliphatic carbocycles. The van der Waals surface area contributed by atoms with Crippen LogP contribution in [0.3, 0.4) is 0 Å². The van der Waals surface area contributed by atoms with Gasteiger partial charge >= 0.3 is 0 Å². The monoisotopic (exact) mass is 396 g/mol. The molecule has 0 fully saturated rings. The molecule has 0 unspecified atom stereocenters. The van der Waals surface area contributed by atoms with Crippen molar-refractivity contribution in [1.29, 1.82) is 0 Å². The first-order chi connectivity index (χ1) is 14.0. The Kier molecular flexibility index (Phi) is 6.59. The molecule has 29 heavy (non-hydrogen) atoms. The number of aromatic nitrogens is 3. The third-order valence-corrected chi connectivity index (χ3v) is 4.79. The van der Waals surface area contributed by atoms with E-state index in [1.807, 2.05) is 25.1 Å². The second-order valence-electron chi connectivity index (χ2n) is 6.97. The van der Waals surface area contributed by atoms with Gasteiger partial charge in [-0.05, 0) is 56.2 Å². The van der Waals surface area contributed by atoms with Crippen molar-refractivity contribution in [1.82, 2.24) is 19.7 Å². The number of pyridine rings is 1. The number of rotatable bonds is 8. The summed E-state index contributed by atoms with van der Waals surface area (Å²) in [5.41, 5.74) is 2.45. The number of halogens is 1. The Balaban J connectivity index is 1.72. The van der Waals surface area contributed by atoms with Gasteiger partial charge < -0.3 is 4.90 Å². The van der Waals surface area contributed by atoms with E-state index in [0.29, 0.717) is 36.5 Å². The second-order valence-corrected chi connectivity index (χ2v) is 6.97. The van der Waals surface area contributed by atoms with Crippen LogP contribution in [0.15, 0.2) is 53.5 Å². The van der Waals surface area contributed by atoms with Gasteiger partial charge in [-0.2, -0.15) is 0 Å². The Morgan fingerprint density at radius 3 is 2.62 bits per heavy atom. The summed E-state index contributed by atoms with van der Waals surface area (Å²) in [5, 5.41) is 3.01. The second kappa shape index (κ2) is 9.32. The lowest BCUT2D eigenvalue weighted by Crippen LogP contribution is -2.32. The molecule has 2 aromatic heterocycles. The minimum atomic E-state index is -0.361. The van der Waals surface area contributed by atoms with Crippen LogP contribution in [0.4, 0.5) is 4.39 Å². The summed E-state index contributed by atoms with van der Waals surface area (Å²) in [6.07, 6.45) is 3.14. The molecule has 0 aliphatic rings. The number of benzene rings is 1. The van der Waals surface area contributed by atoms with Crippen molar-refractivity contribution in [3.8, 4) is 5.69 Å². The molecule has 0 aliphatic heterocycles. The van der Waals surface area contributed by atoms with Gasteiger partial charge in [0.1, 0.15) is 5.82 Å². The summed E-state index contributed by atoms with van der Waals surface area (Å²) in [6.45, 7) is 4.93. The van der Waals surface area contributed by atoms with Crippen LogP contribution in [0.1, 0.15) is 36.7 Å². The number of hydrogen-bond acceptors (Lipinski definition) is 3. The van der Waals surface area contributed by atoms with E-state index in [2.05, 4.69) is 10.1 Å². The molecular weight excluding hydrogens is 371 g/mol. The van der Waals surface area contributed by atoms with Crippen molar-refractivity contribution in [2.45, 2.75) is 39.7 Å². The van der Waals surface area contributed by atoms with Crippen LogP contribution in [0, 0.1) is 12.7 Å². The molecule has 0 radical (unpaired) electrons. The van der Waals surface area contributed by atoms with Crippen molar-refractivity contribution in [2.75, 3.05) is 6.54 Å². The van der Waals surface area contributed by atoms with Crippen LogP contribution in [0.2, 0.25) is 0 Å². The Hall–Kier alpha value is -3.22. The lowest BCUT2D eigenvalue weighted by molar-refractivity contribution is -0.131. The van der Waals surface area contributed by atoms with Crippen LogP contribution in [0.25, 0.3) is 5.69 Å². The fourth-order valence-corrected chi connectivity index (χ4v) is 3.29. The average Bonchev–Trinajstić information content (AvgIpc) is 3.01. The summed E-state index contributed by atoms with van der Waals surface area (Å²) in [5.74, 6) is -0.370. The number of hydrogen-bond donors (Lipinski definition) is 1. The Labute approximate surface area is 169 Å². The zero-order valence-electron chi connectivity index (χ0n) is 16.7. The molecule has 0 spiro atoms. The van der Waals surface area contributed by atoms with E-state index >= 15 is 0 Å². The number of aromatic amines is 1. The van der Waals surface area contributed by atoms with E-state index < -0.39 is 0 Å². The molecule has 152 valence electrons. The maximum Gasteiger partial charge on any atom is 0.274 e. The highest BCUT2D eigenvalue weighted by molar-refractivity contribution is 5.76. The third-order valence-electron chi connectivity index (χ3n) is 4.79. The average molecular weight is 396 g/mol. The van der Waals surface area contributed by atoms with Gasteiger partial charge in [-0.1, -0.05) is 13.0 Å². The molecule has 7 heteroatoms. The molecule has 0 bridgehead atoms. The van der Waals surface area contributed by atoms with E-state index in [9.17, 15) is 14.0 Å². The van der Waals surface area contributed by atoms with Crippen LogP contribution < -0.4 is 5.56 Å². The third kappa shape index (κ3) is 4.99. The van der Waals surface area contributed by atoms with Crippen LogP contribution in [-0.4, -0.2) is 32.1 Å². The Morgan fingerprint density at radius 2 is 1.97 bits per heavy atom. The highest BCUT2D eigenvalue weighted by Crippen LogP contribution is 2.12. The fourth-order valence-electron chi connectivity index (χ4n) is 3.29. The molecule has 3 rings (SSSR count). The standard InChI is InChI=1S/C22H25FN4O2/c1-3-14-26(15-18-6-4-5-13-24-18)21(28)12-11-20-16(2)25-27(22(20)29)19-9-7-17(23)8-10-19/h4-10,13,25H,3,11-12,14-15H2,1-2H3. The van der Waals surface area contributed by atoms with Gasteiger partial charge in [-0.3, -0.25) is 19.7 Å². The van der Waals surface area contributed by atoms with Crippen molar-refractivity contribution in [2.24, 2.45) is 0 Å². The van der Waals surface area contributed by atoms with Gasteiger partial charge in [0, 0.05) is 30.4 Å². The summed E-state index contributed by atoms with van der Waals surface area (Å²) in [6, 6.07) is 11.3. The zero-order chi connectivity index (χ0) is 20.8. The molecule has 6 nitrogen and oxygen atoms in total. The Bertz CT molecular complexity index is 1010. The zero-order valence-corrected chi connectivity index (χ0v) is 16.7. The van der Waals surface area contributed by atoms with Crippen molar-refractivity contribution in [3.05, 3.63) is 81.8 Å². The maximum absolute atomic E-state index is 13.1. The van der Waals surface area contributed by atoms with Gasteiger partial charge in [0.25, 0.3) is 5.56 Å². The number of nitrogens with one attached hydrogen (secondary N) is 1. The smallest absolute Gasteiger partial charge is 0.274 e. The minimum absolute atomic E-state index is 0.00849. The van der Waals surface area contributed by atoms with E-state index in [4.69, 9.17) is 0 Å². The quantitative estimate of drug-likeness (QED) is 0.635.